The van der Waals surface area contributed by atoms with Crippen LogP contribution in [-0.4, -0.2) is 40.4 Å². The van der Waals surface area contributed by atoms with Gasteiger partial charge in [-0.15, -0.1) is 11.3 Å². The van der Waals surface area contributed by atoms with Gasteiger partial charge >= 0.3 is 0 Å². The molecule has 1 aliphatic carbocycles. The summed E-state index contributed by atoms with van der Waals surface area (Å²) in [5.41, 5.74) is 4.54. The van der Waals surface area contributed by atoms with E-state index < -0.39 is 0 Å². The number of fused-ring (bicyclic) bond motifs is 2. The van der Waals surface area contributed by atoms with Gasteiger partial charge in [-0.3, -0.25) is 4.79 Å². The Labute approximate surface area is 164 Å². The molecule has 4 heterocycles. The molecule has 0 bridgehead atoms. The lowest BCUT2D eigenvalue weighted by atomic mass is 9.95. The third-order valence-corrected chi connectivity index (χ3v) is 7.32. The van der Waals surface area contributed by atoms with Crippen LogP contribution in [0.3, 0.4) is 0 Å². The number of piperidine rings is 1. The Kier molecular flexibility index (Phi) is 4.70. The van der Waals surface area contributed by atoms with Crippen molar-refractivity contribution >= 4 is 17.2 Å². The number of aryl methyl sites for hydroxylation is 1. The predicted molar refractivity (Wildman–Crippen MR) is 106 cm³/mol. The molecular formula is C21H26N4OS. The molecule has 5 nitrogen and oxygen atoms in total. The van der Waals surface area contributed by atoms with Crippen LogP contribution in [0.2, 0.25) is 0 Å². The summed E-state index contributed by atoms with van der Waals surface area (Å²) < 4.78 is 0. The number of amides is 1. The highest BCUT2D eigenvalue weighted by Crippen LogP contribution is 2.32. The van der Waals surface area contributed by atoms with Gasteiger partial charge in [-0.1, -0.05) is 0 Å². The Morgan fingerprint density at radius 3 is 2.93 bits per heavy atom. The lowest BCUT2D eigenvalue weighted by molar-refractivity contribution is 0.0732. The van der Waals surface area contributed by atoms with Gasteiger partial charge < -0.3 is 10.2 Å². The summed E-state index contributed by atoms with van der Waals surface area (Å²) in [6.07, 6.45) is 9.72. The van der Waals surface area contributed by atoms with Crippen molar-refractivity contribution in [3.05, 3.63) is 44.7 Å². The maximum atomic E-state index is 13.1. The molecule has 1 saturated heterocycles. The van der Waals surface area contributed by atoms with Crippen molar-refractivity contribution in [2.45, 2.75) is 57.4 Å². The molecule has 5 rings (SSSR count). The van der Waals surface area contributed by atoms with Crippen LogP contribution in [-0.2, 0) is 25.8 Å². The van der Waals surface area contributed by atoms with Gasteiger partial charge in [-0.25, -0.2) is 9.97 Å². The van der Waals surface area contributed by atoms with Crippen molar-refractivity contribution in [1.29, 1.82) is 0 Å². The minimum atomic E-state index is 0.197. The molecule has 3 aliphatic rings. The first-order chi connectivity index (χ1) is 13.3. The van der Waals surface area contributed by atoms with Crippen LogP contribution in [0.15, 0.2) is 11.6 Å². The first-order valence-electron chi connectivity index (χ1n) is 10.2. The normalized spacial score (nSPS) is 20.2. The standard InChI is InChI=1S/C21H26N4OS/c26-21(17-13-27-19-4-2-1-3-16(17)19)25-10-7-18-15(12-25)11-23-20(24-18)14-5-8-22-9-6-14/h11,13-14,22H,1-10,12H2. The highest BCUT2D eigenvalue weighted by Gasteiger charge is 2.28. The van der Waals surface area contributed by atoms with Crippen LogP contribution in [0.4, 0.5) is 0 Å². The monoisotopic (exact) mass is 382 g/mol. The van der Waals surface area contributed by atoms with E-state index in [9.17, 15) is 4.79 Å². The van der Waals surface area contributed by atoms with Crippen LogP contribution in [0.1, 0.15) is 69.5 Å². The molecule has 2 aromatic rings. The number of nitrogens with one attached hydrogen (secondary N) is 1. The molecule has 142 valence electrons. The second kappa shape index (κ2) is 7.32. The molecule has 1 fully saturated rings. The molecule has 6 heteroatoms. The number of carbonyl (C=O) groups excluding carboxylic acids is 1. The first kappa shape index (κ1) is 17.3. The van der Waals surface area contributed by atoms with E-state index in [1.165, 1.54) is 23.3 Å². The fourth-order valence-electron chi connectivity index (χ4n) is 4.63. The number of thiophene rings is 1. The SMILES string of the molecule is O=C(c1csc2c1CCCC2)N1CCc2nc(C3CCNCC3)ncc2C1. The molecule has 1 N–H and O–H groups in total. The van der Waals surface area contributed by atoms with Gasteiger partial charge in [0.05, 0.1) is 11.3 Å². The van der Waals surface area contributed by atoms with E-state index >= 15 is 0 Å². The van der Waals surface area contributed by atoms with Gasteiger partial charge in [0.15, 0.2) is 0 Å². The molecular weight excluding hydrogens is 356 g/mol. The number of aromatic nitrogens is 2. The van der Waals surface area contributed by atoms with Gasteiger partial charge in [0.25, 0.3) is 5.91 Å². The Morgan fingerprint density at radius 2 is 2.04 bits per heavy atom. The molecule has 0 spiro atoms. The number of nitrogens with zero attached hydrogens (tertiary/aromatic N) is 3. The molecule has 27 heavy (non-hydrogen) atoms. The van der Waals surface area contributed by atoms with Crippen LogP contribution in [0.25, 0.3) is 0 Å². The van der Waals surface area contributed by atoms with Crippen molar-refractivity contribution in [3.8, 4) is 0 Å². The molecule has 0 unspecified atom stereocenters. The molecule has 0 saturated carbocycles. The zero-order valence-electron chi connectivity index (χ0n) is 15.7. The zero-order valence-corrected chi connectivity index (χ0v) is 16.5. The van der Waals surface area contributed by atoms with Gasteiger partial charge in [0, 0.05) is 47.4 Å². The van der Waals surface area contributed by atoms with Crippen molar-refractivity contribution in [2.75, 3.05) is 19.6 Å². The summed E-state index contributed by atoms with van der Waals surface area (Å²) in [6, 6.07) is 0. The van der Waals surface area contributed by atoms with Crippen LogP contribution >= 0.6 is 11.3 Å². The molecule has 0 radical (unpaired) electrons. The molecule has 2 aliphatic heterocycles. The summed E-state index contributed by atoms with van der Waals surface area (Å²) >= 11 is 1.77. The fourth-order valence-corrected chi connectivity index (χ4v) is 5.74. The Morgan fingerprint density at radius 1 is 1.19 bits per heavy atom. The smallest absolute Gasteiger partial charge is 0.255 e. The predicted octanol–water partition coefficient (Wildman–Crippen LogP) is 3.08. The third-order valence-electron chi connectivity index (χ3n) is 6.24. The van der Waals surface area contributed by atoms with E-state index in [1.54, 1.807) is 11.3 Å². The third kappa shape index (κ3) is 3.29. The van der Waals surface area contributed by atoms with Crippen molar-refractivity contribution in [1.82, 2.24) is 20.2 Å². The maximum Gasteiger partial charge on any atom is 0.255 e. The van der Waals surface area contributed by atoms with Crippen molar-refractivity contribution < 1.29 is 4.79 Å². The average Bonchev–Trinajstić information content (AvgIpc) is 3.17. The zero-order chi connectivity index (χ0) is 18.2. The Hall–Kier alpha value is -1.79. The second-order valence-corrected chi connectivity index (χ2v) is 8.92. The van der Waals surface area contributed by atoms with Crippen molar-refractivity contribution in [2.24, 2.45) is 0 Å². The highest BCUT2D eigenvalue weighted by atomic mass is 32.1. The maximum absolute atomic E-state index is 13.1. The van der Waals surface area contributed by atoms with E-state index in [-0.39, 0.29) is 5.91 Å². The Balaban J connectivity index is 1.33. The lowest BCUT2D eigenvalue weighted by Crippen LogP contribution is -2.37. The molecule has 1 amide bonds. The fraction of sp³-hybridized carbons (Fsp3) is 0.571. The topological polar surface area (TPSA) is 58.1 Å². The van der Waals surface area contributed by atoms with Gasteiger partial charge in [0.2, 0.25) is 0 Å². The molecule has 0 aromatic carbocycles. The van der Waals surface area contributed by atoms with Crippen LogP contribution in [0, 0.1) is 0 Å². The quantitative estimate of drug-likeness (QED) is 0.867. The summed E-state index contributed by atoms with van der Waals surface area (Å²) in [6.45, 7) is 3.52. The highest BCUT2D eigenvalue weighted by molar-refractivity contribution is 7.10. The van der Waals surface area contributed by atoms with E-state index in [2.05, 4.69) is 15.7 Å². The average molecular weight is 383 g/mol. The van der Waals surface area contributed by atoms with E-state index in [4.69, 9.17) is 4.98 Å². The summed E-state index contributed by atoms with van der Waals surface area (Å²) in [5.74, 6) is 1.68. The lowest BCUT2D eigenvalue weighted by Gasteiger charge is -2.29. The summed E-state index contributed by atoms with van der Waals surface area (Å²) in [5, 5.41) is 5.49. The van der Waals surface area contributed by atoms with Gasteiger partial charge in [-0.2, -0.15) is 0 Å². The van der Waals surface area contributed by atoms with E-state index in [0.29, 0.717) is 12.5 Å². The number of rotatable bonds is 2. The molecule has 0 atom stereocenters. The number of hydrogen-bond acceptors (Lipinski definition) is 5. The van der Waals surface area contributed by atoms with Crippen molar-refractivity contribution in [3.63, 3.8) is 0 Å². The molecule has 2 aromatic heterocycles. The second-order valence-electron chi connectivity index (χ2n) is 7.96. The minimum absolute atomic E-state index is 0.197. The minimum Gasteiger partial charge on any atom is -0.334 e. The summed E-state index contributed by atoms with van der Waals surface area (Å²) in [7, 11) is 0. The van der Waals surface area contributed by atoms with Gasteiger partial charge in [-0.05, 0) is 57.2 Å². The van der Waals surface area contributed by atoms with Gasteiger partial charge in [0.1, 0.15) is 5.82 Å². The van der Waals surface area contributed by atoms with Crippen LogP contribution < -0.4 is 5.32 Å². The number of carbonyl (C=O) groups is 1. The van der Waals surface area contributed by atoms with Crippen LogP contribution in [0.5, 0.6) is 0 Å². The first-order valence-corrected chi connectivity index (χ1v) is 11.1. The van der Waals surface area contributed by atoms with E-state index in [0.717, 1.165) is 74.4 Å². The largest absolute Gasteiger partial charge is 0.334 e. The number of hydrogen-bond donors (Lipinski definition) is 1. The summed E-state index contributed by atoms with van der Waals surface area (Å²) in [4.78, 5) is 26.1. The van der Waals surface area contributed by atoms with E-state index in [1.807, 2.05) is 11.1 Å². The Bertz CT molecular complexity index is 856.